The SMILES string of the molecule is CC(C)n1cncc1-c1ccccc1Br. The van der Waals surface area contributed by atoms with Gasteiger partial charge in [0.25, 0.3) is 0 Å². The lowest BCUT2D eigenvalue weighted by molar-refractivity contribution is 0.605. The summed E-state index contributed by atoms with van der Waals surface area (Å²) in [7, 11) is 0. The van der Waals surface area contributed by atoms with Gasteiger partial charge in [-0.25, -0.2) is 4.98 Å². The summed E-state index contributed by atoms with van der Waals surface area (Å²) < 4.78 is 3.27. The molecule has 1 aromatic carbocycles. The minimum absolute atomic E-state index is 0.426. The normalized spacial score (nSPS) is 10.9. The highest BCUT2D eigenvalue weighted by Gasteiger charge is 2.09. The van der Waals surface area contributed by atoms with Gasteiger partial charge in [-0.3, -0.25) is 0 Å². The summed E-state index contributed by atoms with van der Waals surface area (Å²) in [6.45, 7) is 4.31. The summed E-state index contributed by atoms with van der Waals surface area (Å²) in [6.07, 6.45) is 3.78. The molecule has 3 heteroatoms. The lowest BCUT2D eigenvalue weighted by Crippen LogP contribution is -2.01. The van der Waals surface area contributed by atoms with Gasteiger partial charge in [-0.2, -0.15) is 0 Å². The Labute approximate surface area is 98.1 Å². The Balaban J connectivity index is 2.55. The van der Waals surface area contributed by atoms with E-state index in [4.69, 9.17) is 0 Å². The highest BCUT2D eigenvalue weighted by atomic mass is 79.9. The first-order valence-corrected chi connectivity index (χ1v) is 5.76. The van der Waals surface area contributed by atoms with E-state index in [1.807, 2.05) is 30.7 Å². The molecule has 1 aromatic heterocycles. The second kappa shape index (κ2) is 4.19. The average molecular weight is 265 g/mol. The zero-order valence-corrected chi connectivity index (χ0v) is 10.4. The van der Waals surface area contributed by atoms with Crippen LogP contribution in [-0.4, -0.2) is 9.55 Å². The highest BCUT2D eigenvalue weighted by Crippen LogP contribution is 2.29. The van der Waals surface area contributed by atoms with E-state index in [1.165, 1.54) is 5.56 Å². The maximum absolute atomic E-state index is 4.20. The number of hydrogen-bond donors (Lipinski definition) is 0. The minimum atomic E-state index is 0.426. The minimum Gasteiger partial charge on any atom is -0.328 e. The van der Waals surface area contributed by atoms with Crippen LogP contribution >= 0.6 is 15.9 Å². The van der Waals surface area contributed by atoms with Crippen LogP contribution in [0.2, 0.25) is 0 Å². The van der Waals surface area contributed by atoms with Gasteiger partial charge in [-0.05, 0) is 19.9 Å². The number of halogens is 1. The molecule has 2 nitrogen and oxygen atoms in total. The molecule has 0 N–H and O–H groups in total. The van der Waals surface area contributed by atoms with Crippen LogP contribution in [0.4, 0.5) is 0 Å². The van der Waals surface area contributed by atoms with Crippen LogP contribution in [0.5, 0.6) is 0 Å². The van der Waals surface area contributed by atoms with Gasteiger partial charge in [0, 0.05) is 16.1 Å². The van der Waals surface area contributed by atoms with Crippen LogP contribution in [-0.2, 0) is 0 Å². The van der Waals surface area contributed by atoms with Crippen molar-refractivity contribution in [2.45, 2.75) is 19.9 Å². The lowest BCUT2D eigenvalue weighted by atomic mass is 10.1. The third-order valence-corrected chi connectivity index (χ3v) is 3.06. The van der Waals surface area contributed by atoms with Crippen molar-refractivity contribution >= 4 is 15.9 Å². The highest BCUT2D eigenvalue weighted by molar-refractivity contribution is 9.10. The summed E-state index contributed by atoms with van der Waals surface area (Å²) in [5.74, 6) is 0. The third kappa shape index (κ3) is 1.97. The second-order valence-corrected chi connectivity index (χ2v) is 4.61. The summed E-state index contributed by atoms with van der Waals surface area (Å²) in [4.78, 5) is 4.20. The molecule has 2 aromatic rings. The fraction of sp³-hybridized carbons (Fsp3) is 0.250. The second-order valence-electron chi connectivity index (χ2n) is 3.76. The molecular formula is C12H13BrN2. The van der Waals surface area contributed by atoms with Crippen LogP contribution in [0.25, 0.3) is 11.3 Å². The monoisotopic (exact) mass is 264 g/mol. The van der Waals surface area contributed by atoms with Gasteiger partial charge in [-0.1, -0.05) is 34.1 Å². The average Bonchev–Trinajstić information content (AvgIpc) is 2.67. The molecule has 0 fully saturated rings. The van der Waals surface area contributed by atoms with E-state index in [9.17, 15) is 0 Å². The number of rotatable bonds is 2. The molecule has 0 saturated carbocycles. The molecule has 0 radical (unpaired) electrons. The van der Waals surface area contributed by atoms with E-state index in [0.29, 0.717) is 6.04 Å². The van der Waals surface area contributed by atoms with Crippen molar-refractivity contribution in [2.75, 3.05) is 0 Å². The van der Waals surface area contributed by atoms with E-state index in [0.717, 1.165) is 10.2 Å². The molecule has 0 aliphatic rings. The van der Waals surface area contributed by atoms with Gasteiger partial charge in [-0.15, -0.1) is 0 Å². The Morgan fingerprint density at radius 1 is 1.27 bits per heavy atom. The molecule has 78 valence electrons. The van der Waals surface area contributed by atoms with Crippen LogP contribution in [0.3, 0.4) is 0 Å². The number of hydrogen-bond acceptors (Lipinski definition) is 1. The smallest absolute Gasteiger partial charge is 0.0953 e. The van der Waals surface area contributed by atoms with Crippen LogP contribution < -0.4 is 0 Å². The zero-order chi connectivity index (χ0) is 10.8. The molecule has 15 heavy (non-hydrogen) atoms. The standard InChI is InChI=1S/C12H13BrN2/c1-9(2)15-8-14-7-12(15)10-5-3-4-6-11(10)13/h3-9H,1-2H3. The Kier molecular flexibility index (Phi) is 2.91. The van der Waals surface area contributed by atoms with Gasteiger partial charge in [0.05, 0.1) is 18.2 Å². The predicted molar refractivity (Wildman–Crippen MR) is 65.7 cm³/mol. The van der Waals surface area contributed by atoms with E-state index in [1.54, 1.807) is 0 Å². The van der Waals surface area contributed by atoms with E-state index < -0.39 is 0 Å². The topological polar surface area (TPSA) is 17.8 Å². The van der Waals surface area contributed by atoms with Crippen molar-refractivity contribution in [3.63, 3.8) is 0 Å². The van der Waals surface area contributed by atoms with Gasteiger partial charge in [0.1, 0.15) is 0 Å². The molecule has 0 unspecified atom stereocenters. The molecule has 0 spiro atoms. The van der Waals surface area contributed by atoms with E-state index in [2.05, 4.69) is 45.4 Å². The molecule has 0 saturated heterocycles. The molecule has 0 bridgehead atoms. The number of aromatic nitrogens is 2. The third-order valence-electron chi connectivity index (χ3n) is 2.37. The van der Waals surface area contributed by atoms with Gasteiger partial charge in [0.2, 0.25) is 0 Å². The van der Waals surface area contributed by atoms with Crippen LogP contribution in [0, 0.1) is 0 Å². The molecule has 0 aliphatic heterocycles. The van der Waals surface area contributed by atoms with Crippen molar-refractivity contribution in [1.82, 2.24) is 9.55 Å². The maximum Gasteiger partial charge on any atom is 0.0953 e. The first-order chi connectivity index (χ1) is 7.20. The van der Waals surface area contributed by atoms with E-state index >= 15 is 0 Å². The predicted octanol–water partition coefficient (Wildman–Crippen LogP) is 3.89. The molecule has 0 aliphatic carbocycles. The van der Waals surface area contributed by atoms with Gasteiger partial charge >= 0.3 is 0 Å². The first kappa shape index (κ1) is 10.4. The van der Waals surface area contributed by atoms with Crippen molar-refractivity contribution in [3.8, 4) is 11.3 Å². The Morgan fingerprint density at radius 3 is 2.67 bits per heavy atom. The fourth-order valence-electron chi connectivity index (χ4n) is 1.59. The van der Waals surface area contributed by atoms with Crippen LogP contribution in [0.15, 0.2) is 41.3 Å². The summed E-state index contributed by atoms with van der Waals surface area (Å²) >= 11 is 3.56. The molecule has 2 rings (SSSR count). The van der Waals surface area contributed by atoms with Gasteiger partial charge < -0.3 is 4.57 Å². The van der Waals surface area contributed by atoms with Crippen molar-refractivity contribution in [1.29, 1.82) is 0 Å². The largest absolute Gasteiger partial charge is 0.328 e. The molecular weight excluding hydrogens is 252 g/mol. The zero-order valence-electron chi connectivity index (χ0n) is 8.81. The van der Waals surface area contributed by atoms with Gasteiger partial charge in [0.15, 0.2) is 0 Å². The van der Waals surface area contributed by atoms with Crippen LogP contribution in [0.1, 0.15) is 19.9 Å². The maximum atomic E-state index is 4.20. The lowest BCUT2D eigenvalue weighted by Gasteiger charge is -2.12. The number of imidazole rings is 1. The Bertz CT molecular complexity index is 460. The summed E-state index contributed by atoms with van der Waals surface area (Å²) in [5, 5.41) is 0. The van der Waals surface area contributed by atoms with Crippen molar-refractivity contribution in [3.05, 3.63) is 41.3 Å². The molecule has 0 atom stereocenters. The Morgan fingerprint density at radius 2 is 2.00 bits per heavy atom. The molecule has 1 heterocycles. The summed E-state index contributed by atoms with van der Waals surface area (Å²) in [6, 6.07) is 8.63. The fourth-order valence-corrected chi connectivity index (χ4v) is 2.08. The van der Waals surface area contributed by atoms with Crippen molar-refractivity contribution in [2.24, 2.45) is 0 Å². The quantitative estimate of drug-likeness (QED) is 0.805. The molecule has 0 amide bonds. The first-order valence-electron chi connectivity index (χ1n) is 4.97. The summed E-state index contributed by atoms with van der Waals surface area (Å²) in [5.41, 5.74) is 2.33. The number of nitrogens with zero attached hydrogens (tertiary/aromatic N) is 2. The number of benzene rings is 1. The van der Waals surface area contributed by atoms with Crippen molar-refractivity contribution < 1.29 is 0 Å². The Hall–Kier alpha value is -1.09. The van der Waals surface area contributed by atoms with E-state index in [-0.39, 0.29) is 0 Å².